The van der Waals surface area contributed by atoms with Crippen molar-refractivity contribution in [2.24, 2.45) is 5.16 Å². The molecule has 4 nitrogen and oxygen atoms in total. The third-order valence-electron chi connectivity index (χ3n) is 2.98. The van der Waals surface area contributed by atoms with Crippen molar-refractivity contribution in [2.75, 3.05) is 0 Å². The highest BCUT2D eigenvalue weighted by molar-refractivity contribution is 9.10. The van der Waals surface area contributed by atoms with Gasteiger partial charge in [-0.15, -0.1) is 0 Å². The number of hydrogen-bond donors (Lipinski definition) is 1. The number of benzene rings is 2. The molecule has 108 valence electrons. The van der Waals surface area contributed by atoms with Gasteiger partial charge in [0.1, 0.15) is 5.75 Å². The van der Waals surface area contributed by atoms with E-state index in [4.69, 9.17) is 9.94 Å². The smallest absolute Gasteiger partial charge is 0.344 e. The Morgan fingerprint density at radius 3 is 2.43 bits per heavy atom. The van der Waals surface area contributed by atoms with Crippen molar-refractivity contribution in [3.63, 3.8) is 0 Å². The quantitative estimate of drug-likeness (QED) is 0.299. The van der Waals surface area contributed by atoms with E-state index in [1.54, 1.807) is 30.3 Å². The van der Waals surface area contributed by atoms with Crippen molar-refractivity contribution >= 4 is 28.1 Å². The number of carbonyl (C=O) groups excluding carboxylic acids is 1. The first-order valence-corrected chi connectivity index (χ1v) is 7.07. The summed E-state index contributed by atoms with van der Waals surface area (Å²) in [5.41, 5.74) is 2.81. The van der Waals surface area contributed by atoms with E-state index < -0.39 is 5.97 Å². The third-order valence-corrected chi connectivity index (χ3v) is 3.67. The zero-order chi connectivity index (χ0) is 15.4. The van der Waals surface area contributed by atoms with E-state index in [-0.39, 0.29) is 0 Å². The molecule has 0 bridgehead atoms. The molecule has 2 rings (SSSR count). The van der Waals surface area contributed by atoms with Crippen molar-refractivity contribution < 1.29 is 14.7 Å². The normalized spacial score (nSPS) is 10.8. The second-order valence-electron chi connectivity index (χ2n) is 4.60. The summed E-state index contributed by atoms with van der Waals surface area (Å²) in [4.78, 5) is 12.2. The number of halogens is 1. The molecule has 0 aliphatic carbocycles. The zero-order valence-corrected chi connectivity index (χ0v) is 13.2. The second-order valence-corrected chi connectivity index (χ2v) is 5.45. The molecule has 0 unspecified atom stereocenters. The molecule has 0 saturated carbocycles. The van der Waals surface area contributed by atoms with Gasteiger partial charge in [0.25, 0.3) is 0 Å². The molecule has 2 aromatic rings. The predicted molar refractivity (Wildman–Crippen MR) is 84.4 cm³/mol. The first-order chi connectivity index (χ1) is 10.0. The average Bonchev–Trinajstić information content (AvgIpc) is 2.43. The van der Waals surface area contributed by atoms with Gasteiger partial charge >= 0.3 is 5.97 Å². The van der Waals surface area contributed by atoms with Gasteiger partial charge in [-0.05, 0) is 70.7 Å². The summed E-state index contributed by atoms with van der Waals surface area (Å²) in [7, 11) is 0. The Hall–Kier alpha value is -2.14. The molecule has 21 heavy (non-hydrogen) atoms. The Balaban J connectivity index is 2.32. The van der Waals surface area contributed by atoms with Crippen LogP contribution < -0.4 is 4.74 Å². The standard InChI is InChI=1S/C16H14BrNO3/c1-10-7-12(9-18-20)8-11(2)15(10)21-16(19)13-5-3-4-6-14(13)17/h3-9,20H,1-2H3/b18-9+. The minimum atomic E-state index is -0.419. The Labute approximate surface area is 131 Å². The number of ether oxygens (including phenoxy) is 1. The van der Waals surface area contributed by atoms with Gasteiger partial charge < -0.3 is 9.94 Å². The largest absolute Gasteiger partial charge is 0.422 e. The van der Waals surface area contributed by atoms with Crippen LogP contribution in [0.5, 0.6) is 5.75 Å². The van der Waals surface area contributed by atoms with Crippen molar-refractivity contribution in [1.82, 2.24) is 0 Å². The van der Waals surface area contributed by atoms with Crippen molar-refractivity contribution in [1.29, 1.82) is 0 Å². The minimum Gasteiger partial charge on any atom is -0.422 e. The van der Waals surface area contributed by atoms with E-state index in [0.717, 1.165) is 16.7 Å². The minimum absolute atomic E-state index is 0.419. The molecule has 1 N–H and O–H groups in total. The number of hydrogen-bond acceptors (Lipinski definition) is 4. The van der Waals surface area contributed by atoms with Crippen molar-refractivity contribution in [2.45, 2.75) is 13.8 Å². The van der Waals surface area contributed by atoms with Gasteiger partial charge in [0.2, 0.25) is 0 Å². The van der Waals surface area contributed by atoms with E-state index in [1.165, 1.54) is 6.21 Å². The topological polar surface area (TPSA) is 58.9 Å². The second kappa shape index (κ2) is 6.54. The summed E-state index contributed by atoms with van der Waals surface area (Å²) < 4.78 is 6.19. The lowest BCUT2D eigenvalue weighted by atomic mass is 10.1. The first-order valence-electron chi connectivity index (χ1n) is 6.28. The fourth-order valence-corrected chi connectivity index (χ4v) is 2.51. The van der Waals surface area contributed by atoms with Crippen LogP contribution in [0.2, 0.25) is 0 Å². The monoisotopic (exact) mass is 347 g/mol. The summed E-state index contributed by atoms with van der Waals surface area (Å²) in [6.45, 7) is 3.68. The van der Waals surface area contributed by atoms with E-state index in [2.05, 4.69) is 21.1 Å². The van der Waals surface area contributed by atoms with Gasteiger partial charge in [0, 0.05) is 4.47 Å². The summed E-state index contributed by atoms with van der Waals surface area (Å²) in [5, 5.41) is 11.6. The fraction of sp³-hybridized carbons (Fsp3) is 0.125. The van der Waals surface area contributed by atoms with Crippen LogP contribution >= 0.6 is 15.9 Å². The van der Waals surface area contributed by atoms with Crippen molar-refractivity contribution in [3.05, 3.63) is 63.1 Å². The lowest BCUT2D eigenvalue weighted by Crippen LogP contribution is -2.11. The van der Waals surface area contributed by atoms with E-state index >= 15 is 0 Å². The number of oxime groups is 1. The molecule has 0 spiro atoms. The van der Waals surface area contributed by atoms with E-state index in [0.29, 0.717) is 15.8 Å². The maximum absolute atomic E-state index is 12.2. The zero-order valence-electron chi connectivity index (χ0n) is 11.6. The third kappa shape index (κ3) is 3.49. The number of carbonyl (C=O) groups is 1. The molecule has 0 amide bonds. The molecular weight excluding hydrogens is 334 g/mol. The van der Waals surface area contributed by atoms with Crippen LogP contribution in [0.15, 0.2) is 46.0 Å². The van der Waals surface area contributed by atoms with Crippen LogP contribution in [-0.2, 0) is 0 Å². The van der Waals surface area contributed by atoms with Crippen molar-refractivity contribution in [3.8, 4) is 5.75 Å². The Morgan fingerprint density at radius 1 is 1.24 bits per heavy atom. The van der Waals surface area contributed by atoms with Crippen LogP contribution in [0.25, 0.3) is 0 Å². The molecule has 0 radical (unpaired) electrons. The van der Waals surface area contributed by atoms with E-state index in [1.807, 2.05) is 19.9 Å². The summed E-state index contributed by atoms with van der Waals surface area (Å²) in [6.07, 6.45) is 1.33. The van der Waals surface area contributed by atoms with E-state index in [9.17, 15) is 4.79 Å². The van der Waals surface area contributed by atoms with Crippen LogP contribution in [0.4, 0.5) is 0 Å². The Kier molecular flexibility index (Phi) is 4.75. The summed E-state index contributed by atoms with van der Waals surface area (Å²) >= 11 is 3.33. The molecule has 0 saturated heterocycles. The molecule has 0 fully saturated rings. The SMILES string of the molecule is Cc1cc(/C=N/O)cc(C)c1OC(=O)c1ccccc1Br. The number of nitrogens with zero attached hydrogens (tertiary/aromatic N) is 1. The molecule has 0 aliphatic heterocycles. The summed E-state index contributed by atoms with van der Waals surface area (Å²) in [5.74, 6) is 0.100. The molecule has 0 atom stereocenters. The van der Waals surface area contributed by atoms with Gasteiger partial charge in [-0.25, -0.2) is 4.79 Å². The van der Waals surface area contributed by atoms with Crippen LogP contribution in [0.3, 0.4) is 0 Å². The molecule has 0 heterocycles. The fourth-order valence-electron chi connectivity index (χ4n) is 2.06. The molecule has 5 heteroatoms. The number of rotatable bonds is 3. The predicted octanol–water partition coefficient (Wildman–Crippen LogP) is 4.09. The van der Waals surface area contributed by atoms with Gasteiger partial charge in [0.05, 0.1) is 11.8 Å². The lowest BCUT2D eigenvalue weighted by Gasteiger charge is -2.12. The number of aryl methyl sites for hydroxylation is 2. The maximum atomic E-state index is 12.2. The van der Waals surface area contributed by atoms with Gasteiger partial charge in [0.15, 0.2) is 0 Å². The van der Waals surface area contributed by atoms with Crippen LogP contribution in [0.1, 0.15) is 27.0 Å². The lowest BCUT2D eigenvalue weighted by molar-refractivity contribution is 0.0731. The first kappa shape index (κ1) is 15.3. The highest BCUT2D eigenvalue weighted by Gasteiger charge is 2.15. The van der Waals surface area contributed by atoms with Gasteiger partial charge in [-0.2, -0.15) is 0 Å². The Bertz CT molecular complexity index is 687. The van der Waals surface area contributed by atoms with Crippen LogP contribution in [0, 0.1) is 13.8 Å². The molecule has 0 aliphatic rings. The summed E-state index contributed by atoms with van der Waals surface area (Å²) in [6, 6.07) is 10.7. The highest BCUT2D eigenvalue weighted by Crippen LogP contribution is 2.26. The molecule has 0 aromatic heterocycles. The highest BCUT2D eigenvalue weighted by atomic mass is 79.9. The van der Waals surface area contributed by atoms with Gasteiger partial charge in [-0.1, -0.05) is 17.3 Å². The van der Waals surface area contributed by atoms with Crippen LogP contribution in [-0.4, -0.2) is 17.4 Å². The maximum Gasteiger partial charge on any atom is 0.344 e. The average molecular weight is 348 g/mol. The molecular formula is C16H14BrNO3. The molecule has 2 aromatic carbocycles. The Morgan fingerprint density at radius 2 is 1.86 bits per heavy atom. The van der Waals surface area contributed by atoms with Gasteiger partial charge in [-0.3, -0.25) is 0 Å². The number of esters is 1.